The maximum absolute atomic E-state index is 12.4. The van der Waals surface area contributed by atoms with Gasteiger partial charge in [-0.3, -0.25) is 0 Å². The number of nitrogens with two attached hydrogens (primary N) is 1. The van der Waals surface area contributed by atoms with Gasteiger partial charge in [-0.2, -0.15) is 13.2 Å². The highest BCUT2D eigenvalue weighted by molar-refractivity contribution is 5.46. The fourth-order valence-electron chi connectivity index (χ4n) is 1.33. The van der Waals surface area contributed by atoms with Crippen molar-refractivity contribution < 1.29 is 28.5 Å². The summed E-state index contributed by atoms with van der Waals surface area (Å²) in [6, 6.07) is 2.51. The molecule has 0 radical (unpaired) electrons. The van der Waals surface area contributed by atoms with E-state index in [-0.39, 0.29) is 11.3 Å². The van der Waals surface area contributed by atoms with E-state index in [1.165, 1.54) is 0 Å². The zero-order chi connectivity index (χ0) is 13.2. The Morgan fingerprint density at radius 3 is 2.24 bits per heavy atom. The van der Waals surface area contributed by atoms with E-state index in [0.29, 0.717) is 6.07 Å². The van der Waals surface area contributed by atoms with Gasteiger partial charge in [0.15, 0.2) is 0 Å². The second-order valence-electron chi connectivity index (χ2n) is 3.58. The summed E-state index contributed by atoms with van der Waals surface area (Å²) in [7, 11) is 0. The Morgan fingerprint density at radius 1 is 1.18 bits per heavy atom. The number of anilines is 1. The molecule has 1 aromatic rings. The van der Waals surface area contributed by atoms with E-state index in [2.05, 4.69) is 0 Å². The topological polar surface area (TPSA) is 86.7 Å². The van der Waals surface area contributed by atoms with Crippen LogP contribution in [0, 0.1) is 0 Å². The average Bonchev–Trinajstić information content (AvgIpc) is 2.25. The lowest BCUT2D eigenvalue weighted by molar-refractivity contribution is -0.137. The van der Waals surface area contributed by atoms with E-state index in [4.69, 9.17) is 15.9 Å². The van der Waals surface area contributed by atoms with Crippen molar-refractivity contribution in [3.63, 3.8) is 0 Å². The molecular weight excluding hydrogens is 239 g/mol. The van der Waals surface area contributed by atoms with Crippen LogP contribution in [-0.4, -0.2) is 28.0 Å². The molecular formula is C10H12F3NO3. The summed E-state index contributed by atoms with van der Waals surface area (Å²) in [5.74, 6) is 0. The summed E-state index contributed by atoms with van der Waals surface area (Å²) in [5.41, 5.74) is 3.89. The van der Waals surface area contributed by atoms with Crippen molar-refractivity contribution in [2.75, 3.05) is 12.3 Å². The molecule has 0 amide bonds. The molecule has 17 heavy (non-hydrogen) atoms. The van der Waals surface area contributed by atoms with Gasteiger partial charge >= 0.3 is 6.18 Å². The molecule has 0 fully saturated rings. The van der Waals surface area contributed by atoms with Crippen molar-refractivity contribution >= 4 is 5.69 Å². The van der Waals surface area contributed by atoms with Gasteiger partial charge < -0.3 is 21.1 Å². The van der Waals surface area contributed by atoms with E-state index in [0.717, 1.165) is 12.1 Å². The third-order valence-corrected chi connectivity index (χ3v) is 2.20. The summed E-state index contributed by atoms with van der Waals surface area (Å²) in [6.45, 7) is -0.767. The van der Waals surface area contributed by atoms with Crippen LogP contribution in [0.3, 0.4) is 0 Å². The molecule has 0 aliphatic rings. The van der Waals surface area contributed by atoms with Crippen LogP contribution in [0.25, 0.3) is 0 Å². The lowest BCUT2D eigenvalue weighted by atomic mass is 10.0. The van der Waals surface area contributed by atoms with Gasteiger partial charge in [0, 0.05) is 5.69 Å². The second-order valence-corrected chi connectivity index (χ2v) is 3.58. The summed E-state index contributed by atoms with van der Waals surface area (Å²) in [5, 5.41) is 27.2. The normalized spacial score (nSPS) is 15.6. The van der Waals surface area contributed by atoms with Gasteiger partial charge in [-0.25, -0.2) is 0 Å². The summed E-state index contributed by atoms with van der Waals surface area (Å²) in [4.78, 5) is 0. The zero-order valence-electron chi connectivity index (χ0n) is 8.65. The molecule has 0 aliphatic carbocycles. The van der Waals surface area contributed by atoms with Gasteiger partial charge in [0.05, 0.1) is 12.2 Å². The van der Waals surface area contributed by atoms with E-state index in [1.807, 2.05) is 0 Å². The van der Waals surface area contributed by atoms with E-state index < -0.39 is 30.6 Å². The van der Waals surface area contributed by atoms with Gasteiger partial charge in [-0.15, -0.1) is 0 Å². The molecule has 5 N–H and O–H groups in total. The maximum atomic E-state index is 12.4. The molecule has 1 aromatic carbocycles. The summed E-state index contributed by atoms with van der Waals surface area (Å²) >= 11 is 0. The van der Waals surface area contributed by atoms with Crippen molar-refractivity contribution in [3.8, 4) is 0 Å². The number of halogens is 3. The molecule has 0 aromatic heterocycles. The highest BCUT2D eigenvalue weighted by atomic mass is 19.4. The molecule has 0 aliphatic heterocycles. The van der Waals surface area contributed by atoms with Gasteiger partial charge in [0.25, 0.3) is 0 Å². The third-order valence-electron chi connectivity index (χ3n) is 2.20. The van der Waals surface area contributed by atoms with Crippen molar-refractivity contribution in [3.05, 3.63) is 29.3 Å². The smallest absolute Gasteiger partial charge is 0.399 e. The Balaban J connectivity index is 3.14. The quantitative estimate of drug-likeness (QED) is 0.595. The second kappa shape index (κ2) is 4.91. The number of nitrogen functional groups attached to an aromatic ring is 1. The standard InChI is InChI=1S/C10H12F3NO3/c11-10(12,13)6-1-5(2-7(14)3-6)9(17)8(16)4-15/h1-3,8-9,15-17H,4,14H2. The van der Waals surface area contributed by atoms with E-state index in [9.17, 15) is 18.3 Å². The number of aliphatic hydroxyl groups excluding tert-OH is 3. The first-order chi connectivity index (χ1) is 7.75. The Hall–Kier alpha value is -1.31. The Labute approximate surface area is 95.1 Å². The molecule has 0 spiro atoms. The Kier molecular flexibility index (Phi) is 3.97. The molecule has 1 rings (SSSR count). The predicted octanol–water partition coefficient (Wildman–Crippen LogP) is 0.674. The SMILES string of the molecule is Nc1cc(C(O)C(O)CO)cc(C(F)(F)F)c1. The molecule has 0 bridgehead atoms. The van der Waals surface area contributed by atoms with Crippen LogP contribution in [0.15, 0.2) is 18.2 Å². The van der Waals surface area contributed by atoms with Crippen molar-refractivity contribution in [2.24, 2.45) is 0 Å². The molecule has 2 unspecified atom stereocenters. The number of benzene rings is 1. The van der Waals surface area contributed by atoms with Crippen LogP contribution in [0.4, 0.5) is 18.9 Å². The first kappa shape index (κ1) is 13.8. The number of hydrogen-bond acceptors (Lipinski definition) is 4. The molecule has 2 atom stereocenters. The highest BCUT2D eigenvalue weighted by Gasteiger charge is 2.32. The first-order valence-electron chi connectivity index (χ1n) is 4.70. The summed E-state index contributed by atoms with van der Waals surface area (Å²) in [6.07, 6.45) is -7.77. The zero-order valence-corrected chi connectivity index (χ0v) is 8.65. The van der Waals surface area contributed by atoms with Crippen LogP contribution in [0.2, 0.25) is 0 Å². The van der Waals surface area contributed by atoms with Crippen LogP contribution in [0.5, 0.6) is 0 Å². The van der Waals surface area contributed by atoms with Crippen LogP contribution in [0.1, 0.15) is 17.2 Å². The Bertz CT molecular complexity index is 395. The Morgan fingerprint density at radius 2 is 1.76 bits per heavy atom. The molecule has 7 heteroatoms. The molecule has 0 saturated carbocycles. The maximum Gasteiger partial charge on any atom is 0.416 e. The van der Waals surface area contributed by atoms with Crippen molar-refractivity contribution in [1.82, 2.24) is 0 Å². The van der Waals surface area contributed by atoms with Gasteiger partial charge in [-0.05, 0) is 23.8 Å². The molecule has 0 saturated heterocycles. The van der Waals surface area contributed by atoms with Crippen LogP contribution in [-0.2, 0) is 6.18 Å². The number of alkyl halides is 3. The molecule has 96 valence electrons. The van der Waals surface area contributed by atoms with Crippen molar-refractivity contribution in [2.45, 2.75) is 18.4 Å². The van der Waals surface area contributed by atoms with Crippen LogP contribution < -0.4 is 5.73 Å². The highest BCUT2D eigenvalue weighted by Crippen LogP contribution is 2.33. The van der Waals surface area contributed by atoms with Crippen molar-refractivity contribution in [1.29, 1.82) is 0 Å². The average molecular weight is 251 g/mol. The van der Waals surface area contributed by atoms with Gasteiger partial charge in [0.1, 0.15) is 12.2 Å². The first-order valence-corrected chi connectivity index (χ1v) is 4.70. The fraction of sp³-hybridized carbons (Fsp3) is 0.400. The molecule has 0 heterocycles. The summed E-state index contributed by atoms with van der Waals surface area (Å²) < 4.78 is 37.3. The van der Waals surface area contributed by atoms with E-state index in [1.54, 1.807) is 0 Å². The number of aliphatic hydroxyl groups is 3. The number of hydrogen-bond donors (Lipinski definition) is 4. The predicted molar refractivity (Wildman–Crippen MR) is 53.9 cm³/mol. The monoisotopic (exact) mass is 251 g/mol. The lowest BCUT2D eigenvalue weighted by Crippen LogP contribution is -2.22. The van der Waals surface area contributed by atoms with E-state index >= 15 is 0 Å². The lowest BCUT2D eigenvalue weighted by Gasteiger charge is -2.18. The molecule has 4 nitrogen and oxygen atoms in total. The fourth-order valence-corrected chi connectivity index (χ4v) is 1.33. The van der Waals surface area contributed by atoms with Gasteiger partial charge in [-0.1, -0.05) is 0 Å². The minimum Gasteiger partial charge on any atom is -0.399 e. The minimum atomic E-state index is -4.59. The van der Waals surface area contributed by atoms with Crippen LogP contribution >= 0.6 is 0 Å². The van der Waals surface area contributed by atoms with Gasteiger partial charge in [0.2, 0.25) is 0 Å². The largest absolute Gasteiger partial charge is 0.416 e. The number of rotatable bonds is 3. The minimum absolute atomic E-state index is 0.181. The third kappa shape index (κ3) is 3.32.